The molecule has 16 heavy (non-hydrogen) atoms. The van der Waals surface area contributed by atoms with Crippen molar-refractivity contribution >= 4 is 5.91 Å². The molecule has 0 spiro atoms. The summed E-state index contributed by atoms with van der Waals surface area (Å²) < 4.78 is 5.56. The Hall–Kier alpha value is -1.13. The fourth-order valence-corrected chi connectivity index (χ4v) is 1.83. The molecule has 0 aliphatic carbocycles. The molecule has 90 valence electrons. The standard InChI is InChI=1S/C12H20N2O2/c1-3-7-14(8-4-2)12(15)11-6-5-10(9-13)16-11/h3-4,10-11H,1-2,5-9,13H2/t10-,11+/m1/s1. The summed E-state index contributed by atoms with van der Waals surface area (Å²) in [5, 5.41) is 0. The van der Waals surface area contributed by atoms with Gasteiger partial charge in [-0.25, -0.2) is 0 Å². The lowest BCUT2D eigenvalue weighted by Gasteiger charge is -2.23. The minimum atomic E-state index is -0.339. The van der Waals surface area contributed by atoms with Gasteiger partial charge in [0.1, 0.15) is 6.10 Å². The van der Waals surface area contributed by atoms with Gasteiger partial charge in [0.15, 0.2) is 0 Å². The highest BCUT2D eigenvalue weighted by atomic mass is 16.5. The molecule has 1 heterocycles. The number of ether oxygens (including phenoxy) is 1. The van der Waals surface area contributed by atoms with E-state index in [1.165, 1.54) is 0 Å². The lowest BCUT2D eigenvalue weighted by Crippen LogP contribution is -2.39. The first kappa shape index (κ1) is 12.9. The van der Waals surface area contributed by atoms with Gasteiger partial charge in [0.2, 0.25) is 0 Å². The van der Waals surface area contributed by atoms with Crippen LogP contribution in [0.4, 0.5) is 0 Å². The summed E-state index contributed by atoms with van der Waals surface area (Å²) in [5.41, 5.74) is 5.51. The SMILES string of the molecule is C=CCN(CC=C)C(=O)[C@@H]1CC[C@H](CN)O1. The highest BCUT2D eigenvalue weighted by molar-refractivity contribution is 5.81. The Morgan fingerprint density at radius 1 is 1.38 bits per heavy atom. The maximum absolute atomic E-state index is 12.1. The van der Waals surface area contributed by atoms with Crippen LogP contribution < -0.4 is 5.73 Å². The van der Waals surface area contributed by atoms with E-state index >= 15 is 0 Å². The van der Waals surface area contributed by atoms with Crippen LogP contribution in [-0.2, 0) is 9.53 Å². The van der Waals surface area contributed by atoms with Crippen molar-refractivity contribution in [3.63, 3.8) is 0 Å². The minimum absolute atomic E-state index is 0.00995. The molecule has 1 saturated heterocycles. The van der Waals surface area contributed by atoms with Crippen molar-refractivity contribution in [2.24, 2.45) is 5.73 Å². The van der Waals surface area contributed by atoms with Crippen LogP contribution in [0.5, 0.6) is 0 Å². The summed E-state index contributed by atoms with van der Waals surface area (Å²) in [5.74, 6) is 0.00995. The zero-order valence-electron chi connectivity index (χ0n) is 9.60. The number of carbonyl (C=O) groups is 1. The van der Waals surface area contributed by atoms with Gasteiger partial charge in [0.25, 0.3) is 5.91 Å². The van der Waals surface area contributed by atoms with Crippen LogP contribution >= 0.6 is 0 Å². The summed E-state index contributed by atoms with van der Waals surface area (Å²) in [6, 6.07) is 0. The maximum atomic E-state index is 12.1. The Morgan fingerprint density at radius 3 is 2.44 bits per heavy atom. The van der Waals surface area contributed by atoms with E-state index < -0.39 is 0 Å². The van der Waals surface area contributed by atoms with E-state index in [-0.39, 0.29) is 18.1 Å². The second-order valence-electron chi connectivity index (χ2n) is 3.88. The third-order valence-electron chi connectivity index (χ3n) is 2.66. The van der Waals surface area contributed by atoms with E-state index in [1.807, 2.05) is 0 Å². The number of nitrogens with two attached hydrogens (primary N) is 1. The van der Waals surface area contributed by atoms with Crippen LogP contribution in [0.1, 0.15) is 12.8 Å². The molecule has 0 unspecified atom stereocenters. The van der Waals surface area contributed by atoms with Crippen LogP contribution in [0.2, 0.25) is 0 Å². The molecular formula is C12H20N2O2. The van der Waals surface area contributed by atoms with Gasteiger partial charge in [-0.1, -0.05) is 12.2 Å². The molecule has 0 radical (unpaired) electrons. The van der Waals surface area contributed by atoms with Gasteiger partial charge in [0.05, 0.1) is 6.10 Å². The Kier molecular flexibility index (Phi) is 5.22. The van der Waals surface area contributed by atoms with Crippen LogP contribution in [0.3, 0.4) is 0 Å². The lowest BCUT2D eigenvalue weighted by molar-refractivity contribution is -0.141. The van der Waals surface area contributed by atoms with Crippen molar-refractivity contribution in [1.29, 1.82) is 0 Å². The molecule has 1 amide bonds. The Morgan fingerprint density at radius 2 is 2.00 bits per heavy atom. The summed E-state index contributed by atoms with van der Waals surface area (Å²) in [6.07, 6.45) is 4.72. The van der Waals surface area contributed by atoms with Crippen LogP contribution in [0, 0.1) is 0 Å². The van der Waals surface area contributed by atoms with Crippen LogP contribution in [0.15, 0.2) is 25.3 Å². The number of carbonyl (C=O) groups excluding carboxylic acids is 1. The number of hydrogen-bond donors (Lipinski definition) is 1. The molecule has 4 heteroatoms. The lowest BCUT2D eigenvalue weighted by atomic mass is 10.2. The average molecular weight is 224 g/mol. The van der Waals surface area contributed by atoms with Crippen molar-refractivity contribution < 1.29 is 9.53 Å². The summed E-state index contributed by atoms with van der Waals surface area (Å²) in [7, 11) is 0. The zero-order valence-corrected chi connectivity index (χ0v) is 9.60. The van der Waals surface area contributed by atoms with E-state index in [0.717, 1.165) is 12.8 Å². The first-order valence-corrected chi connectivity index (χ1v) is 5.59. The van der Waals surface area contributed by atoms with E-state index in [0.29, 0.717) is 19.6 Å². The predicted octanol–water partition coefficient (Wildman–Crippen LogP) is 0.693. The molecule has 2 N–H and O–H groups in total. The second-order valence-corrected chi connectivity index (χ2v) is 3.88. The molecule has 0 aromatic heterocycles. The topological polar surface area (TPSA) is 55.6 Å². The average Bonchev–Trinajstić information content (AvgIpc) is 2.76. The highest BCUT2D eigenvalue weighted by Crippen LogP contribution is 2.20. The number of rotatable bonds is 6. The molecule has 1 aliphatic rings. The van der Waals surface area contributed by atoms with E-state index in [2.05, 4.69) is 13.2 Å². The van der Waals surface area contributed by atoms with Crippen molar-refractivity contribution in [2.75, 3.05) is 19.6 Å². The Balaban J connectivity index is 2.53. The van der Waals surface area contributed by atoms with Gasteiger partial charge < -0.3 is 15.4 Å². The van der Waals surface area contributed by atoms with Crippen LogP contribution in [0.25, 0.3) is 0 Å². The third kappa shape index (κ3) is 3.18. The molecule has 0 saturated carbocycles. The normalized spacial score (nSPS) is 24.1. The largest absolute Gasteiger partial charge is 0.364 e. The molecule has 0 aromatic carbocycles. The van der Waals surface area contributed by atoms with E-state index in [9.17, 15) is 4.79 Å². The van der Waals surface area contributed by atoms with Gasteiger partial charge in [-0.3, -0.25) is 4.79 Å². The van der Waals surface area contributed by atoms with E-state index in [1.54, 1.807) is 17.1 Å². The first-order chi connectivity index (χ1) is 7.72. The Labute approximate surface area is 96.7 Å². The number of nitrogens with zero attached hydrogens (tertiary/aromatic N) is 1. The van der Waals surface area contributed by atoms with E-state index in [4.69, 9.17) is 10.5 Å². The second kappa shape index (κ2) is 6.45. The highest BCUT2D eigenvalue weighted by Gasteiger charge is 2.32. The molecule has 0 bridgehead atoms. The molecule has 1 aliphatic heterocycles. The summed E-state index contributed by atoms with van der Waals surface area (Å²) in [4.78, 5) is 13.7. The fraction of sp³-hybridized carbons (Fsp3) is 0.583. The molecule has 4 nitrogen and oxygen atoms in total. The Bertz CT molecular complexity index is 256. The molecule has 1 fully saturated rings. The van der Waals surface area contributed by atoms with Crippen molar-refractivity contribution in [3.05, 3.63) is 25.3 Å². The smallest absolute Gasteiger partial charge is 0.252 e. The quantitative estimate of drug-likeness (QED) is 0.675. The third-order valence-corrected chi connectivity index (χ3v) is 2.66. The number of hydrogen-bond acceptors (Lipinski definition) is 3. The fourth-order valence-electron chi connectivity index (χ4n) is 1.83. The maximum Gasteiger partial charge on any atom is 0.252 e. The summed E-state index contributed by atoms with van der Waals surface area (Å²) >= 11 is 0. The molecular weight excluding hydrogens is 204 g/mol. The zero-order chi connectivity index (χ0) is 12.0. The predicted molar refractivity (Wildman–Crippen MR) is 63.9 cm³/mol. The van der Waals surface area contributed by atoms with Crippen molar-refractivity contribution in [3.8, 4) is 0 Å². The van der Waals surface area contributed by atoms with Crippen molar-refractivity contribution in [2.45, 2.75) is 25.0 Å². The van der Waals surface area contributed by atoms with Gasteiger partial charge in [0, 0.05) is 19.6 Å². The van der Waals surface area contributed by atoms with Gasteiger partial charge in [-0.15, -0.1) is 13.2 Å². The van der Waals surface area contributed by atoms with Crippen molar-refractivity contribution in [1.82, 2.24) is 4.90 Å². The summed E-state index contributed by atoms with van der Waals surface area (Å²) in [6.45, 7) is 8.80. The first-order valence-electron chi connectivity index (χ1n) is 5.59. The molecule has 2 atom stereocenters. The molecule has 0 aromatic rings. The molecule has 1 rings (SSSR count). The van der Waals surface area contributed by atoms with Crippen LogP contribution in [-0.4, -0.2) is 42.6 Å². The minimum Gasteiger partial charge on any atom is -0.364 e. The van der Waals surface area contributed by atoms with Gasteiger partial charge in [-0.2, -0.15) is 0 Å². The van der Waals surface area contributed by atoms with Gasteiger partial charge >= 0.3 is 0 Å². The number of amides is 1. The monoisotopic (exact) mass is 224 g/mol. The van der Waals surface area contributed by atoms with Gasteiger partial charge in [-0.05, 0) is 12.8 Å².